The highest BCUT2D eigenvalue weighted by atomic mass is 32.1. The molecule has 0 spiro atoms. The van der Waals surface area contributed by atoms with Crippen LogP contribution in [-0.2, 0) is 0 Å². The predicted molar refractivity (Wildman–Crippen MR) is 64.4 cm³/mol. The molecule has 0 aromatic heterocycles. The molecule has 1 N–H and O–H groups in total. The summed E-state index contributed by atoms with van der Waals surface area (Å²) < 4.78 is 0. The molecule has 3 nitrogen and oxygen atoms in total. The molecule has 4 heteroatoms. The molecular formula is C11H20N2OS. The van der Waals surface area contributed by atoms with E-state index in [-0.39, 0.29) is 5.24 Å². The van der Waals surface area contributed by atoms with E-state index in [0.29, 0.717) is 12.1 Å². The van der Waals surface area contributed by atoms with Crippen molar-refractivity contribution < 1.29 is 4.79 Å². The van der Waals surface area contributed by atoms with Crippen LogP contribution in [0.1, 0.15) is 38.5 Å². The lowest BCUT2D eigenvalue weighted by atomic mass is 10.2. The number of nitrogens with one attached hydrogen (secondary N) is 1. The Morgan fingerprint density at radius 2 is 2.00 bits per heavy atom. The van der Waals surface area contributed by atoms with Crippen LogP contribution < -0.4 is 5.32 Å². The van der Waals surface area contributed by atoms with Gasteiger partial charge in [0.15, 0.2) is 0 Å². The summed E-state index contributed by atoms with van der Waals surface area (Å²) in [5.41, 5.74) is 0. The number of amides is 1. The minimum Gasteiger partial charge on any atom is -0.330 e. The molecule has 1 atom stereocenters. The van der Waals surface area contributed by atoms with Crippen LogP contribution in [-0.4, -0.2) is 35.3 Å². The summed E-state index contributed by atoms with van der Waals surface area (Å²) in [5.74, 6) is 0. The van der Waals surface area contributed by atoms with Crippen LogP contribution in [0.2, 0.25) is 0 Å². The van der Waals surface area contributed by atoms with Gasteiger partial charge < -0.3 is 10.2 Å². The molecule has 86 valence electrons. The molecule has 2 rings (SSSR count). The number of hydrogen-bond donors (Lipinski definition) is 2. The summed E-state index contributed by atoms with van der Waals surface area (Å²) in [6, 6.07) is 1.08. The molecule has 1 saturated carbocycles. The summed E-state index contributed by atoms with van der Waals surface area (Å²) in [6.45, 7) is 1.84. The van der Waals surface area contributed by atoms with Gasteiger partial charge in [-0.1, -0.05) is 25.5 Å². The number of likely N-dealkylation sites (tertiary alicyclic amines) is 1. The molecule has 0 radical (unpaired) electrons. The largest absolute Gasteiger partial charge is 0.330 e. The third-order valence-corrected chi connectivity index (χ3v) is 3.88. The second-order valence-corrected chi connectivity index (χ2v) is 5.04. The zero-order valence-corrected chi connectivity index (χ0v) is 10.0. The highest BCUT2D eigenvalue weighted by molar-refractivity contribution is 7.96. The highest BCUT2D eigenvalue weighted by Gasteiger charge is 2.27. The summed E-state index contributed by atoms with van der Waals surface area (Å²) in [4.78, 5) is 13.1. The molecule has 15 heavy (non-hydrogen) atoms. The van der Waals surface area contributed by atoms with E-state index in [9.17, 15) is 4.79 Å². The molecule has 2 aliphatic rings. The molecule has 1 amide bonds. The molecule has 1 heterocycles. The third kappa shape index (κ3) is 2.88. The number of carbonyl (C=O) groups is 1. The number of rotatable bonds is 3. The Bertz CT molecular complexity index is 229. The summed E-state index contributed by atoms with van der Waals surface area (Å²) in [6.07, 6.45) is 7.59. The second-order valence-electron chi connectivity index (χ2n) is 4.66. The van der Waals surface area contributed by atoms with Gasteiger partial charge in [-0.15, -0.1) is 0 Å². The monoisotopic (exact) mass is 228 g/mol. The Morgan fingerprint density at radius 3 is 2.67 bits per heavy atom. The fourth-order valence-electron chi connectivity index (χ4n) is 2.73. The Labute approximate surface area is 97.0 Å². The SMILES string of the molecule is O=C(S)N1CCCC1CNC1CCCC1. The van der Waals surface area contributed by atoms with Gasteiger partial charge in [0.1, 0.15) is 0 Å². The summed E-state index contributed by atoms with van der Waals surface area (Å²) >= 11 is 3.91. The van der Waals surface area contributed by atoms with Gasteiger partial charge in [-0.3, -0.25) is 4.79 Å². The van der Waals surface area contributed by atoms with E-state index in [4.69, 9.17) is 0 Å². The lowest BCUT2D eigenvalue weighted by Gasteiger charge is -2.24. The average molecular weight is 228 g/mol. The second kappa shape index (κ2) is 5.21. The Kier molecular flexibility index (Phi) is 3.92. The van der Waals surface area contributed by atoms with Gasteiger partial charge in [-0.25, -0.2) is 0 Å². The first-order valence-electron chi connectivity index (χ1n) is 6.00. The summed E-state index contributed by atoms with van der Waals surface area (Å²) in [7, 11) is 0. The lowest BCUT2D eigenvalue weighted by molar-refractivity contribution is 0.216. The van der Waals surface area contributed by atoms with Crippen LogP contribution in [0, 0.1) is 0 Å². The van der Waals surface area contributed by atoms with E-state index in [1.54, 1.807) is 0 Å². The normalized spacial score (nSPS) is 27.5. The zero-order chi connectivity index (χ0) is 10.7. The van der Waals surface area contributed by atoms with Gasteiger partial charge in [-0.05, 0) is 25.7 Å². The highest BCUT2D eigenvalue weighted by Crippen LogP contribution is 2.21. The first-order chi connectivity index (χ1) is 7.27. The number of thiol groups is 1. The van der Waals surface area contributed by atoms with E-state index >= 15 is 0 Å². The quantitative estimate of drug-likeness (QED) is 0.725. The van der Waals surface area contributed by atoms with E-state index < -0.39 is 0 Å². The van der Waals surface area contributed by atoms with Gasteiger partial charge in [0.25, 0.3) is 5.24 Å². The molecule has 0 aromatic rings. The van der Waals surface area contributed by atoms with Crippen molar-refractivity contribution in [3.05, 3.63) is 0 Å². The number of hydrogen-bond acceptors (Lipinski definition) is 2. The number of nitrogens with zero attached hydrogens (tertiary/aromatic N) is 1. The van der Waals surface area contributed by atoms with Gasteiger partial charge in [0, 0.05) is 25.2 Å². The van der Waals surface area contributed by atoms with Crippen LogP contribution in [0.5, 0.6) is 0 Å². The standard InChI is InChI=1S/C11H20N2OS/c14-11(15)13-7-3-6-10(13)8-12-9-4-1-2-5-9/h9-10,12H,1-8H2,(H,14,15). The maximum atomic E-state index is 11.2. The van der Waals surface area contributed by atoms with Crippen molar-refractivity contribution in [3.8, 4) is 0 Å². The fraction of sp³-hybridized carbons (Fsp3) is 0.909. The van der Waals surface area contributed by atoms with Crippen LogP contribution in [0.4, 0.5) is 4.79 Å². The number of carbonyl (C=O) groups excluding carboxylic acids is 1. The summed E-state index contributed by atoms with van der Waals surface area (Å²) in [5, 5.41) is 3.52. The Morgan fingerprint density at radius 1 is 1.27 bits per heavy atom. The van der Waals surface area contributed by atoms with Crippen molar-refractivity contribution >= 4 is 17.9 Å². The van der Waals surface area contributed by atoms with Crippen molar-refractivity contribution in [2.45, 2.75) is 50.6 Å². The van der Waals surface area contributed by atoms with Crippen molar-refractivity contribution in [1.29, 1.82) is 0 Å². The molecular weight excluding hydrogens is 208 g/mol. The van der Waals surface area contributed by atoms with Crippen molar-refractivity contribution in [3.63, 3.8) is 0 Å². The van der Waals surface area contributed by atoms with Crippen molar-refractivity contribution in [1.82, 2.24) is 10.2 Å². The van der Waals surface area contributed by atoms with Crippen molar-refractivity contribution in [2.75, 3.05) is 13.1 Å². The van der Waals surface area contributed by atoms with Crippen LogP contribution in [0.3, 0.4) is 0 Å². The topological polar surface area (TPSA) is 32.3 Å². The molecule has 1 saturated heterocycles. The van der Waals surface area contributed by atoms with Gasteiger partial charge >= 0.3 is 0 Å². The molecule has 0 aromatic carbocycles. The van der Waals surface area contributed by atoms with Crippen LogP contribution >= 0.6 is 12.6 Å². The Hall–Kier alpha value is -0.220. The van der Waals surface area contributed by atoms with Crippen molar-refractivity contribution in [2.24, 2.45) is 0 Å². The van der Waals surface area contributed by atoms with Crippen LogP contribution in [0.15, 0.2) is 0 Å². The fourth-order valence-corrected chi connectivity index (χ4v) is 3.00. The lowest BCUT2D eigenvalue weighted by Crippen LogP contribution is -2.42. The minimum absolute atomic E-state index is 0.0641. The van der Waals surface area contributed by atoms with E-state index in [1.165, 1.54) is 25.7 Å². The minimum atomic E-state index is -0.0641. The molecule has 2 fully saturated rings. The zero-order valence-electron chi connectivity index (χ0n) is 9.11. The Balaban J connectivity index is 1.75. The molecule has 1 aliphatic heterocycles. The van der Waals surface area contributed by atoms with Gasteiger partial charge in [-0.2, -0.15) is 0 Å². The van der Waals surface area contributed by atoms with Gasteiger partial charge in [0.2, 0.25) is 0 Å². The average Bonchev–Trinajstić information content (AvgIpc) is 2.86. The molecule has 1 aliphatic carbocycles. The maximum absolute atomic E-state index is 11.2. The van der Waals surface area contributed by atoms with Gasteiger partial charge in [0.05, 0.1) is 0 Å². The first-order valence-corrected chi connectivity index (χ1v) is 6.45. The van der Waals surface area contributed by atoms with E-state index in [1.807, 2.05) is 4.90 Å². The smallest absolute Gasteiger partial charge is 0.278 e. The molecule has 0 bridgehead atoms. The first kappa shape index (κ1) is 11.3. The maximum Gasteiger partial charge on any atom is 0.278 e. The predicted octanol–water partition coefficient (Wildman–Crippen LogP) is 2.03. The third-order valence-electron chi connectivity index (χ3n) is 3.62. The van der Waals surface area contributed by atoms with E-state index in [0.717, 1.165) is 25.9 Å². The molecule has 1 unspecified atom stereocenters. The van der Waals surface area contributed by atoms with E-state index in [2.05, 4.69) is 17.9 Å². The van der Waals surface area contributed by atoms with Crippen LogP contribution in [0.25, 0.3) is 0 Å².